The van der Waals surface area contributed by atoms with Crippen LogP contribution in [0, 0.1) is 17.2 Å². The van der Waals surface area contributed by atoms with Gasteiger partial charge in [0.15, 0.2) is 0 Å². The van der Waals surface area contributed by atoms with Gasteiger partial charge in [-0.1, -0.05) is 0 Å². The Bertz CT molecular complexity index is 499. The number of nitriles is 1. The van der Waals surface area contributed by atoms with Crippen molar-refractivity contribution in [2.75, 3.05) is 26.2 Å². The summed E-state index contributed by atoms with van der Waals surface area (Å²) in [5, 5.41) is 13.7. The van der Waals surface area contributed by atoms with Crippen molar-refractivity contribution in [1.82, 2.24) is 15.5 Å². The van der Waals surface area contributed by atoms with Crippen LogP contribution in [0.1, 0.15) is 40.0 Å². The van der Waals surface area contributed by atoms with Crippen molar-refractivity contribution in [2.24, 2.45) is 5.92 Å². The SMILES string of the molecule is CC(C)(C)OC(=O)NCC(=O)NCC1CCN(C(=O)CC#N)CC1. The molecule has 0 radical (unpaired) electrons. The maximum atomic E-state index is 11.7. The van der Waals surface area contributed by atoms with Crippen molar-refractivity contribution in [1.29, 1.82) is 5.26 Å². The molecule has 8 nitrogen and oxygen atoms in total. The number of nitrogens with one attached hydrogen (secondary N) is 2. The van der Waals surface area contributed by atoms with Crippen LogP contribution >= 0.6 is 0 Å². The van der Waals surface area contributed by atoms with Crippen LogP contribution in [-0.2, 0) is 14.3 Å². The summed E-state index contributed by atoms with van der Waals surface area (Å²) in [5.74, 6) is -0.119. The molecule has 0 saturated carbocycles. The van der Waals surface area contributed by atoms with Gasteiger partial charge in [-0.25, -0.2) is 4.79 Å². The molecule has 3 amide bonds. The van der Waals surface area contributed by atoms with Crippen molar-refractivity contribution in [3.05, 3.63) is 0 Å². The summed E-state index contributed by atoms with van der Waals surface area (Å²) in [4.78, 5) is 36.5. The molecule has 2 N–H and O–H groups in total. The van der Waals surface area contributed by atoms with E-state index in [4.69, 9.17) is 10.00 Å². The van der Waals surface area contributed by atoms with Gasteiger partial charge in [0.2, 0.25) is 11.8 Å². The highest BCUT2D eigenvalue weighted by atomic mass is 16.6. The molecule has 0 aromatic carbocycles. The normalized spacial score (nSPS) is 15.3. The van der Waals surface area contributed by atoms with Gasteiger partial charge < -0.3 is 20.3 Å². The van der Waals surface area contributed by atoms with E-state index in [1.807, 2.05) is 6.07 Å². The summed E-state index contributed by atoms with van der Waals surface area (Å²) in [6.45, 7) is 6.85. The van der Waals surface area contributed by atoms with E-state index in [1.54, 1.807) is 25.7 Å². The number of hydrogen-bond acceptors (Lipinski definition) is 5. The molecule has 1 saturated heterocycles. The lowest BCUT2D eigenvalue weighted by Crippen LogP contribution is -2.44. The van der Waals surface area contributed by atoms with E-state index in [2.05, 4.69) is 10.6 Å². The molecule has 1 heterocycles. The van der Waals surface area contributed by atoms with Crippen LogP contribution in [-0.4, -0.2) is 54.6 Å². The van der Waals surface area contributed by atoms with E-state index in [9.17, 15) is 14.4 Å². The minimum atomic E-state index is -0.623. The molecular formula is C16H26N4O4. The molecule has 24 heavy (non-hydrogen) atoms. The first-order valence-electron chi connectivity index (χ1n) is 8.09. The van der Waals surface area contributed by atoms with Crippen LogP contribution in [0.5, 0.6) is 0 Å². The quantitative estimate of drug-likeness (QED) is 0.769. The molecule has 1 fully saturated rings. The van der Waals surface area contributed by atoms with Gasteiger partial charge in [0.05, 0.1) is 12.6 Å². The number of nitrogens with zero attached hydrogens (tertiary/aromatic N) is 2. The van der Waals surface area contributed by atoms with Crippen LogP contribution in [0.4, 0.5) is 4.79 Å². The second kappa shape index (κ2) is 9.11. The molecule has 0 bridgehead atoms. The Morgan fingerprint density at radius 1 is 1.21 bits per heavy atom. The summed E-state index contributed by atoms with van der Waals surface area (Å²) >= 11 is 0. The van der Waals surface area contributed by atoms with E-state index in [-0.39, 0.29) is 24.8 Å². The first kappa shape index (κ1) is 19.7. The smallest absolute Gasteiger partial charge is 0.408 e. The predicted molar refractivity (Wildman–Crippen MR) is 86.8 cm³/mol. The maximum Gasteiger partial charge on any atom is 0.408 e. The molecule has 8 heteroatoms. The number of hydrogen-bond donors (Lipinski definition) is 2. The number of carbonyl (C=O) groups is 3. The summed E-state index contributed by atoms with van der Waals surface area (Å²) < 4.78 is 5.05. The lowest BCUT2D eigenvalue weighted by atomic mass is 9.96. The van der Waals surface area contributed by atoms with E-state index >= 15 is 0 Å². The lowest BCUT2D eigenvalue weighted by molar-refractivity contribution is -0.131. The van der Waals surface area contributed by atoms with E-state index in [1.165, 1.54) is 0 Å². The summed E-state index contributed by atoms with van der Waals surface area (Å²) in [6.07, 6.45) is 0.869. The fraction of sp³-hybridized carbons (Fsp3) is 0.750. The topological polar surface area (TPSA) is 112 Å². The fourth-order valence-corrected chi connectivity index (χ4v) is 2.35. The lowest BCUT2D eigenvalue weighted by Gasteiger charge is -2.31. The Hall–Kier alpha value is -2.30. The molecule has 0 aromatic heterocycles. The third kappa shape index (κ3) is 7.81. The molecule has 0 spiro atoms. The minimum Gasteiger partial charge on any atom is -0.444 e. The maximum absolute atomic E-state index is 11.7. The number of likely N-dealkylation sites (tertiary alicyclic amines) is 1. The van der Waals surface area contributed by atoms with Crippen LogP contribution in [0.2, 0.25) is 0 Å². The van der Waals surface area contributed by atoms with Gasteiger partial charge in [-0.05, 0) is 39.5 Å². The van der Waals surface area contributed by atoms with E-state index in [0.717, 1.165) is 12.8 Å². The Morgan fingerprint density at radius 3 is 2.38 bits per heavy atom. The highest BCUT2D eigenvalue weighted by Gasteiger charge is 2.23. The third-order valence-corrected chi connectivity index (χ3v) is 3.58. The highest BCUT2D eigenvalue weighted by Crippen LogP contribution is 2.16. The molecule has 0 unspecified atom stereocenters. The molecule has 134 valence electrons. The van der Waals surface area contributed by atoms with Crippen molar-refractivity contribution >= 4 is 17.9 Å². The highest BCUT2D eigenvalue weighted by molar-refractivity contribution is 5.82. The Balaban J connectivity index is 2.19. The monoisotopic (exact) mass is 338 g/mol. The number of amides is 3. The summed E-state index contributed by atoms with van der Waals surface area (Å²) in [5.41, 5.74) is -0.600. The van der Waals surface area contributed by atoms with Gasteiger partial charge in [0.1, 0.15) is 12.0 Å². The molecule has 1 rings (SSSR count). The number of ether oxygens (including phenoxy) is 1. The first-order chi connectivity index (χ1) is 11.2. The zero-order chi connectivity index (χ0) is 18.2. The van der Waals surface area contributed by atoms with Crippen LogP contribution in [0.25, 0.3) is 0 Å². The van der Waals surface area contributed by atoms with Gasteiger partial charge in [0, 0.05) is 19.6 Å². The van der Waals surface area contributed by atoms with Crippen LogP contribution in [0.3, 0.4) is 0 Å². The number of piperidine rings is 1. The summed E-state index contributed by atoms with van der Waals surface area (Å²) in [6, 6.07) is 1.86. The molecule has 1 aliphatic heterocycles. The van der Waals surface area contributed by atoms with Crippen molar-refractivity contribution < 1.29 is 19.1 Å². The zero-order valence-electron chi connectivity index (χ0n) is 14.6. The van der Waals surface area contributed by atoms with Gasteiger partial charge in [0.25, 0.3) is 0 Å². The van der Waals surface area contributed by atoms with Gasteiger partial charge >= 0.3 is 6.09 Å². The minimum absolute atomic E-state index is 0.0856. The second-order valence-electron chi connectivity index (χ2n) is 6.82. The largest absolute Gasteiger partial charge is 0.444 e. The van der Waals surface area contributed by atoms with E-state index in [0.29, 0.717) is 25.6 Å². The Morgan fingerprint density at radius 2 is 1.83 bits per heavy atom. The van der Waals surface area contributed by atoms with Gasteiger partial charge in [-0.3, -0.25) is 9.59 Å². The number of carbonyl (C=O) groups excluding carboxylic acids is 3. The van der Waals surface area contributed by atoms with Crippen molar-refractivity contribution in [2.45, 2.75) is 45.6 Å². The molecule has 1 aliphatic rings. The third-order valence-electron chi connectivity index (χ3n) is 3.58. The van der Waals surface area contributed by atoms with Crippen LogP contribution in [0.15, 0.2) is 0 Å². The van der Waals surface area contributed by atoms with Gasteiger partial charge in [-0.15, -0.1) is 0 Å². The molecule has 0 atom stereocenters. The summed E-state index contributed by atoms with van der Waals surface area (Å²) in [7, 11) is 0. The molecular weight excluding hydrogens is 312 g/mol. The zero-order valence-corrected chi connectivity index (χ0v) is 14.6. The number of rotatable bonds is 5. The Labute approximate surface area is 142 Å². The molecule has 0 aliphatic carbocycles. The first-order valence-corrected chi connectivity index (χ1v) is 8.09. The average Bonchev–Trinajstić information content (AvgIpc) is 2.50. The van der Waals surface area contributed by atoms with E-state index < -0.39 is 11.7 Å². The van der Waals surface area contributed by atoms with Crippen LogP contribution < -0.4 is 10.6 Å². The standard InChI is InChI=1S/C16H26N4O4/c1-16(2,3)24-15(23)19-11-13(21)18-10-12-5-8-20(9-6-12)14(22)4-7-17/h12H,4-6,8-11H2,1-3H3,(H,18,21)(H,19,23). The number of alkyl carbamates (subject to hydrolysis) is 1. The second-order valence-corrected chi connectivity index (χ2v) is 6.82. The fourth-order valence-electron chi connectivity index (χ4n) is 2.35. The Kier molecular flexibility index (Phi) is 7.49. The van der Waals surface area contributed by atoms with Crippen molar-refractivity contribution in [3.63, 3.8) is 0 Å². The molecule has 0 aromatic rings. The van der Waals surface area contributed by atoms with Crippen molar-refractivity contribution in [3.8, 4) is 6.07 Å². The van der Waals surface area contributed by atoms with Gasteiger partial charge in [-0.2, -0.15) is 5.26 Å². The average molecular weight is 338 g/mol. The predicted octanol–water partition coefficient (Wildman–Crippen LogP) is 0.780.